The minimum absolute atomic E-state index is 0.188. The van der Waals surface area contributed by atoms with Gasteiger partial charge in [-0.05, 0) is 48.7 Å². The third-order valence-electron chi connectivity index (χ3n) is 3.68. The molecule has 102 valence electrons. The smallest absolute Gasteiger partial charge is 0.258 e. The maximum absolute atomic E-state index is 13.2. The van der Waals surface area contributed by atoms with Gasteiger partial charge in [-0.3, -0.25) is 4.79 Å². The van der Waals surface area contributed by atoms with Crippen LogP contribution in [0.1, 0.15) is 21.5 Å². The molecule has 1 heterocycles. The van der Waals surface area contributed by atoms with E-state index >= 15 is 0 Å². The molecule has 0 fully saturated rings. The fraction of sp³-hybridized carbons (Fsp3) is 0.188. The van der Waals surface area contributed by atoms with Crippen molar-refractivity contribution < 1.29 is 9.18 Å². The van der Waals surface area contributed by atoms with E-state index in [2.05, 4.69) is 0 Å². The first kappa shape index (κ1) is 12.7. The van der Waals surface area contributed by atoms with Gasteiger partial charge in [-0.2, -0.15) is 0 Å². The summed E-state index contributed by atoms with van der Waals surface area (Å²) in [6.07, 6.45) is 0.803. The quantitative estimate of drug-likeness (QED) is 0.810. The molecular formula is C16H15FN2O. The van der Waals surface area contributed by atoms with Gasteiger partial charge in [0.2, 0.25) is 0 Å². The Labute approximate surface area is 116 Å². The standard InChI is InChI=1S/C16H15FN2O/c1-10-7-11-5-6-19(15(11)9-14(10)18)16(20)12-3-2-4-13(17)8-12/h2-4,7-9H,5-6,18H2,1H3. The third kappa shape index (κ3) is 2.03. The van der Waals surface area contributed by atoms with Crippen LogP contribution in [0.15, 0.2) is 36.4 Å². The molecule has 0 aliphatic carbocycles. The molecule has 20 heavy (non-hydrogen) atoms. The van der Waals surface area contributed by atoms with Crippen molar-refractivity contribution in [2.75, 3.05) is 17.2 Å². The first-order valence-corrected chi connectivity index (χ1v) is 6.52. The van der Waals surface area contributed by atoms with Crippen LogP contribution in [-0.4, -0.2) is 12.5 Å². The number of anilines is 2. The minimum atomic E-state index is -0.404. The van der Waals surface area contributed by atoms with E-state index in [0.29, 0.717) is 17.8 Å². The normalized spacial score (nSPS) is 13.4. The van der Waals surface area contributed by atoms with Gasteiger partial charge in [0.05, 0.1) is 0 Å². The van der Waals surface area contributed by atoms with E-state index in [1.807, 2.05) is 19.1 Å². The van der Waals surface area contributed by atoms with Crippen molar-refractivity contribution in [2.24, 2.45) is 0 Å². The van der Waals surface area contributed by atoms with Crippen molar-refractivity contribution in [3.63, 3.8) is 0 Å². The number of carbonyl (C=O) groups excluding carboxylic acids is 1. The SMILES string of the molecule is Cc1cc2c(cc1N)N(C(=O)c1cccc(F)c1)CC2. The second-order valence-electron chi connectivity index (χ2n) is 5.05. The number of benzene rings is 2. The number of halogens is 1. The molecule has 0 aromatic heterocycles. The van der Waals surface area contributed by atoms with Crippen LogP contribution in [0.4, 0.5) is 15.8 Å². The number of carbonyl (C=O) groups is 1. The molecular weight excluding hydrogens is 255 g/mol. The number of hydrogen-bond acceptors (Lipinski definition) is 2. The van der Waals surface area contributed by atoms with Gasteiger partial charge in [0.25, 0.3) is 5.91 Å². The van der Waals surface area contributed by atoms with E-state index < -0.39 is 5.82 Å². The lowest BCUT2D eigenvalue weighted by atomic mass is 10.1. The van der Waals surface area contributed by atoms with Crippen LogP contribution in [0.3, 0.4) is 0 Å². The number of nitrogens with two attached hydrogens (primary N) is 1. The van der Waals surface area contributed by atoms with E-state index in [4.69, 9.17) is 5.73 Å². The molecule has 2 aromatic rings. The lowest BCUT2D eigenvalue weighted by Crippen LogP contribution is -2.29. The van der Waals surface area contributed by atoms with Gasteiger partial charge >= 0.3 is 0 Å². The third-order valence-corrected chi connectivity index (χ3v) is 3.68. The second-order valence-corrected chi connectivity index (χ2v) is 5.05. The topological polar surface area (TPSA) is 46.3 Å². The number of fused-ring (bicyclic) bond motifs is 1. The summed E-state index contributed by atoms with van der Waals surface area (Å²) in [5.74, 6) is -0.592. The molecule has 3 nitrogen and oxygen atoms in total. The zero-order chi connectivity index (χ0) is 14.3. The Kier molecular flexibility index (Phi) is 2.93. The van der Waals surface area contributed by atoms with E-state index in [0.717, 1.165) is 23.2 Å². The Morgan fingerprint density at radius 3 is 2.85 bits per heavy atom. The number of nitrogens with zero attached hydrogens (tertiary/aromatic N) is 1. The summed E-state index contributed by atoms with van der Waals surface area (Å²) in [4.78, 5) is 14.1. The summed E-state index contributed by atoms with van der Waals surface area (Å²) in [7, 11) is 0. The molecule has 2 N–H and O–H groups in total. The zero-order valence-corrected chi connectivity index (χ0v) is 11.2. The van der Waals surface area contributed by atoms with Gasteiger partial charge < -0.3 is 10.6 Å². The molecule has 0 spiro atoms. The molecule has 2 aromatic carbocycles. The van der Waals surface area contributed by atoms with Crippen LogP contribution >= 0.6 is 0 Å². The highest BCUT2D eigenvalue weighted by Gasteiger charge is 2.26. The van der Waals surface area contributed by atoms with Crippen LogP contribution in [0.2, 0.25) is 0 Å². The summed E-state index contributed by atoms with van der Waals surface area (Å²) < 4.78 is 13.2. The lowest BCUT2D eigenvalue weighted by molar-refractivity contribution is 0.0989. The van der Waals surface area contributed by atoms with Crippen molar-refractivity contribution in [3.8, 4) is 0 Å². The molecule has 4 heteroatoms. The highest BCUT2D eigenvalue weighted by molar-refractivity contribution is 6.07. The van der Waals surface area contributed by atoms with Crippen molar-refractivity contribution in [1.29, 1.82) is 0 Å². The zero-order valence-electron chi connectivity index (χ0n) is 11.2. The van der Waals surface area contributed by atoms with E-state index in [-0.39, 0.29) is 5.91 Å². The van der Waals surface area contributed by atoms with Crippen molar-refractivity contribution >= 4 is 17.3 Å². The average molecular weight is 270 g/mol. The monoisotopic (exact) mass is 270 g/mol. The molecule has 0 saturated heterocycles. The van der Waals surface area contributed by atoms with Gasteiger partial charge in [-0.25, -0.2) is 4.39 Å². The van der Waals surface area contributed by atoms with Gasteiger partial charge in [-0.15, -0.1) is 0 Å². The molecule has 1 amide bonds. The highest BCUT2D eigenvalue weighted by Crippen LogP contribution is 2.33. The molecule has 0 radical (unpaired) electrons. The van der Waals surface area contributed by atoms with Gasteiger partial charge in [0.15, 0.2) is 0 Å². The first-order valence-electron chi connectivity index (χ1n) is 6.52. The average Bonchev–Trinajstić information content (AvgIpc) is 2.81. The van der Waals surface area contributed by atoms with Crippen LogP contribution in [0.25, 0.3) is 0 Å². The van der Waals surface area contributed by atoms with Crippen molar-refractivity contribution in [3.05, 3.63) is 58.9 Å². The minimum Gasteiger partial charge on any atom is -0.398 e. The van der Waals surface area contributed by atoms with Crippen LogP contribution in [0.5, 0.6) is 0 Å². The molecule has 1 aliphatic rings. The van der Waals surface area contributed by atoms with Crippen LogP contribution < -0.4 is 10.6 Å². The summed E-state index contributed by atoms with van der Waals surface area (Å²) >= 11 is 0. The molecule has 0 bridgehead atoms. The fourth-order valence-corrected chi connectivity index (χ4v) is 2.56. The number of amides is 1. The molecule has 1 aliphatic heterocycles. The molecule has 0 atom stereocenters. The van der Waals surface area contributed by atoms with Crippen molar-refractivity contribution in [2.45, 2.75) is 13.3 Å². The Morgan fingerprint density at radius 2 is 2.10 bits per heavy atom. The van der Waals surface area contributed by atoms with E-state index in [1.54, 1.807) is 17.0 Å². The van der Waals surface area contributed by atoms with Gasteiger partial charge in [-0.1, -0.05) is 12.1 Å². The summed E-state index contributed by atoms with van der Waals surface area (Å²) in [5, 5.41) is 0. The lowest BCUT2D eigenvalue weighted by Gasteiger charge is -2.18. The summed E-state index contributed by atoms with van der Waals surface area (Å²) in [6.45, 7) is 2.56. The predicted molar refractivity (Wildman–Crippen MR) is 77.4 cm³/mol. The maximum atomic E-state index is 13.2. The molecule has 3 rings (SSSR count). The van der Waals surface area contributed by atoms with Gasteiger partial charge in [0.1, 0.15) is 5.82 Å². The van der Waals surface area contributed by atoms with E-state index in [1.165, 1.54) is 12.1 Å². The van der Waals surface area contributed by atoms with Crippen LogP contribution in [0, 0.1) is 12.7 Å². The molecule has 0 unspecified atom stereocenters. The number of nitrogen functional groups attached to an aromatic ring is 1. The molecule has 0 saturated carbocycles. The number of aryl methyl sites for hydroxylation is 1. The Balaban J connectivity index is 1.99. The second kappa shape index (κ2) is 4.63. The predicted octanol–water partition coefficient (Wildman–Crippen LogP) is 2.92. The maximum Gasteiger partial charge on any atom is 0.258 e. The Morgan fingerprint density at radius 1 is 1.30 bits per heavy atom. The van der Waals surface area contributed by atoms with E-state index in [9.17, 15) is 9.18 Å². The highest BCUT2D eigenvalue weighted by atomic mass is 19.1. The Bertz CT molecular complexity index is 697. The first-order chi connectivity index (χ1) is 9.56. The Hall–Kier alpha value is -2.36. The number of hydrogen-bond donors (Lipinski definition) is 1. The van der Waals surface area contributed by atoms with Crippen molar-refractivity contribution in [1.82, 2.24) is 0 Å². The van der Waals surface area contributed by atoms with Gasteiger partial charge in [0, 0.05) is 23.5 Å². The summed E-state index contributed by atoms with van der Waals surface area (Å²) in [6, 6.07) is 9.61. The fourth-order valence-electron chi connectivity index (χ4n) is 2.56. The summed E-state index contributed by atoms with van der Waals surface area (Å²) in [5.41, 5.74) is 9.91. The number of rotatable bonds is 1. The largest absolute Gasteiger partial charge is 0.398 e. The van der Waals surface area contributed by atoms with Crippen LogP contribution in [-0.2, 0) is 6.42 Å².